The van der Waals surface area contributed by atoms with Crippen molar-refractivity contribution in [2.45, 2.75) is 39.2 Å². The van der Waals surface area contributed by atoms with Gasteiger partial charge in [-0.2, -0.15) is 0 Å². The van der Waals surface area contributed by atoms with Gasteiger partial charge < -0.3 is 5.32 Å². The van der Waals surface area contributed by atoms with Crippen LogP contribution in [0.1, 0.15) is 32.3 Å². The summed E-state index contributed by atoms with van der Waals surface area (Å²) in [6.07, 6.45) is 8.77. The molecule has 1 heterocycles. The van der Waals surface area contributed by atoms with Crippen molar-refractivity contribution in [2.24, 2.45) is 0 Å². The monoisotopic (exact) mass is 193 g/mol. The molecule has 1 aromatic heterocycles. The Morgan fingerprint density at radius 3 is 2.57 bits per heavy atom. The fraction of sp³-hybridized carbons (Fsp3) is 0.636. The summed E-state index contributed by atoms with van der Waals surface area (Å²) >= 11 is 0. The van der Waals surface area contributed by atoms with Crippen LogP contribution in [-0.2, 0) is 6.42 Å². The van der Waals surface area contributed by atoms with Crippen molar-refractivity contribution < 1.29 is 0 Å². The number of hydrogen-bond acceptors (Lipinski definition) is 3. The van der Waals surface area contributed by atoms with E-state index in [0.29, 0.717) is 6.04 Å². The van der Waals surface area contributed by atoms with Crippen LogP contribution in [0, 0.1) is 0 Å². The number of aryl methyl sites for hydroxylation is 1. The van der Waals surface area contributed by atoms with Gasteiger partial charge in [0.1, 0.15) is 6.33 Å². The number of hydrogen-bond donors (Lipinski definition) is 1. The maximum atomic E-state index is 4.00. The molecular formula is C11H19N3. The lowest BCUT2D eigenvalue weighted by molar-refractivity contribution is 0.480. The summed E-state index contributed by atoms with van der Waals surface area (Å²) in [6, 6.07) is 0.625. The molecule has 3 heteroatoms. The van der Waals surface area contributed by atoms with Crippen LogP contribution in [0.25, 0.3) is 0 Å². The maximum Gasteiger partial charge on any atom is 0.115 e. The zero-order chi connectivity index (χ0) is 10.2. The molecule has 0 saturated carbocycles. The normalized spacial score (nSPS) is 12.7. The average Bonchev–Trinajstić information content (AvgIpc) is 2.25. The molecule has 1 aromatic rings. The second-order valence-corrected chi connectivity index (χ2v) is 3.45. The van der Waals surface area contributed by atoms with Gasteiger partial charge in [0.15, 0.2) is 0 Å². The minimum Gasteiger partial charge on any atom is -0.314 e. The number of nitrogens with one attached hydrogen (secondary N) is 1. The highest BCUT2D eigenvalue weighted by molar-refractivity contribution is 5.02. The molecule has 0 amide bonds. The third-order valence-electron chi connectivity index (χ3n) is 2.38. The first-order valence-electron chi connectivity index (χ1n) is 5.34. The highest BCUT2D eigenvalue weighted by atomic mass is 14.9. The topological polar surface area (TPSA) is 37.8 Å². The van der Waals surface area contributed by atoms with Crippen LogP contribution in [0.3, 0.4) is 0 Å². The van der Waals surface area contributed by atoms with E-state index in [1.54, 1.807) is 6.33 Å². The van der Waals surface area contributed by atoms with E-state index < -0.39 is 0 Å². The van der Waals surface area contributed by atoms with Crippen LogP contribution < -0.4 is 5.32 Å². The molecule has 0 aromatic carbocycles. The molecule has 0 bridgehead atoms. The summed E-state index contributed by atoms with van der Waals surface area (Å²) < 4.78 is 0. The van der Waals surface area contributed by atoms with Crippen molar-refractivity contribution in [3.05, 3.63) is 24.3 Å². The van der Waals surface area contributed by atoms with Gasteiger partial charge in [0, 0.05) is 18.4 Å². The van der Waals surface area contributed by atoms with E-state index in [1.165, 1.54) is 12.0 Å². The molecule has 14 heavy (non-hydrogen) atoms. The summed E-state index contributed by atoms with van der Waals surface area (Å²) in [5.41, 5.74) is 1.23. The van der Waals surface area contributed by atoms with E-state index in [9.17, 15) is 0 Å². The highest BCUT2D eigenvalue weighted by Gasteiger charge is 2.04. The molecule has 0 radical (unpaired) electrons. The van der Waals surface area contributed by atoms with Crippen molar-refractivity contribution in [3.8, 4) is 0 Å². The summed E-state index contributed by atoms with van der Waals surface area (Å²) in [4.78, 5) is 8.01. The van der Waals surface area contributed by atoms with Crippen LogP contribution in [0.4, 0.5) is 0 Å². The van der Waals surface area contributed by atoms with Crippen LogP contribution in [-0.4, -0.2) is 22.6 Å². The van der Waals surface area contributed by atoms with Crippen LogP contribution in [0.2, 0.25) is 0 Å². The molecule has 78 valence electrons. The number of aromatic nitrogens is 2. The zero-order valence-electron chi connectivity index (χ0n) is 9.03. The fourth-order valence-electron chi connectivity index (χ4n) is 1.54. The van der Waals surface area contributed by atoms with E-state index in [1.807, 2.05) is 12.4 Å². The molecule has 1 rings (SSSR count). The Balaban J connectivity index is 2.32. The van der Waals surface area contributed by atoms with Crippen molar-refractivity contribution >= 4 is 0 Å². The summed E-state index contributed by atoms with van der Waals surface area (Å²) in [5, 5.41) is 3.46. The minimum atomic E-state index is 0.625. The Labute approximate surface area is 86.0 Å². The molecule has 0 aliphatic heterocycles. The lowest BCUT2D eigenvalue weighted by Crippen LogP contribution is -2.28. The standard InChI is InChI=1S/C11H19N3/c1-3-11(14-4-2)6-5-10-7-12-9-13-8-10/h7-9,11,14H,3-6H2,1-2H3. The molecule has 0 fully saturated rings. The third-order valence-corrected chi connectivity index (χ3v) is 2.38. The van der Waals surface area contributed by atoms with Crippen LogP contribution in [0.15, 0.2) is 18.7 Å². The molecule has 0 saturated heterocycles. The Hall–Kier alpha value is -0.960. The van der Waals surface area contributed by atoms with Gasteiger partial charge >= 0.3 is 0 Å². The van der Waals surface area contributed by atoms with Gasteiger partial charge in [0.25, 0.3) is 0 Å². The van der Waals surface area contributed by atoms with Gasteiger partial charge in [-0.3, -0.25) is 0 Å². The average molecular weight is 193 g/mol. The summed E-state index contributed by atoms with van der Waals surface area (Å²) in [7, 11) is 0. The van der Waals surface area contributed by atoms with Gasteiger partial charge in [-0.05, 0) is 31.4 Å². The van der Waals surface area contributed by atoms with Crippen molar-refractivity contribution in [3.63, 3.8) is 0 Å². The Morgan fingerprint density at radius 2 is 2.00 bits per heavy atom. The first-order valence-corrected chi connectivity index (χ1v) is 5.34. The van der Waals surface area contributed by atoms with Gasteiger partial charge in [0.2, 0.25) is 0 Å². The first-order chi connectivity index (χ1) is 6.86. The fourth-order valence-corrected chi connectivity index (χ4v) is 1.54. The molecular weight excluding hydrogens is 174 g/mol. The third kappa shape index (κ3) is 3.83. The van der Waals surface area contributed by atoms with Crippen LogP contribution >= 0.6 is 0 Å². The lowest BCUT2D eigenvalue weighted by Gasteiger charge is -2.14. The maximum absolute atomic E-state index is 4.00. The Bertz CT molecular complexity index is 236. The Kier molecular flexibility index (Phi) is 5.15. The number of rotatable bonds is 6. The summed E-state index contributed by atoms with van der Waals surface area (Å²) in [5.74, 6) is 0. The summed E-state index contributed by atoms with van der Waals surface area (Å²) in [6.45, 7) is 5.41. The van der Waals surface area contributed by atoms with Gasteiger partial charge in [-0.25, -0.2) is 9.97 Å². The smallest absolute Gasteiger partial charge is 0.115 e. The molecule has 3 nitrogen and oxygen atoms in total. The van der Waals surface area contributed by atoms with Crippen molar-refractivity contribution in [1.29, 1.82) is 0 Å². The predicted molar refractivity (Wildman–Crippen MR) is 58.1 cm³/mol. The second kappa shape index (κ2) is 6.49. The van der Waals surface area contributed by atoms with E-state index in [2.05, 4.69) is 29.1 Å². The predicted octanol–water partition coefficient (Wildman–Crippen LogP) is 1.80. The zero-order valence-corrected chi connectivity index (χ0v) is 9.03. The highest BCUT2D eigenvalue weighted by Crippen LogP contribution is 2.04. The van der Waals surface area contributed by atoms with Gasteiger partial charge in [0.05, 0.1) is 0 Å². The van der Waals surface area contributed by atoms with E-state index in [0.717, 1.165) is 19.4 Å². The van der Waals surface area contributed by atoms with Crippen LogP contribution in [0.5, 0.6) is 0 Å². The number of nitrogens with zero attached hydrogens (tertiary/aromatic N) is 2. The van der Waals surface area contributed by atoms with Gasteiger partial charge in [-0.15, -0.1) is 0 Å². The largest absolute Gasteiger partial charge is 0.314 e. The second-order valence-electron chi connectivity index (χ2n) is 3.45. The molecule has 0 aliphatic carbocycles. The van der Waals surface area contributed by atoms with Crippen molar-refractivity contribution in [2.75, 3.05) is 6.54 Å². The molecule has 1 atom stereocenters. The first kappa shape index (κ1) is 11.1. The van der Waals surface area contributed by atoms with Crippen molar-refractivity contribution in [1.82, 2.24) is 15.3 Å². The quantitative estimate of drug-likeness (QED) is 0.748. The van der Waals surface area contributed by atoms with E-state index >= 15 is 0 Å². The van der Waals surface area contributed by atoms with E-state index in [-0.39, 0.29) is 0 Å². The Morgan fingerprint density at radius 1 is 1.29 bits per heavy atom. The molecule has 0 aliphatic rings. The molecule has 1 N–H and O–H groups in total. The minimum absolute atomic E-state index is 0.625. The SMILES string of the molecule is CCNC(CC)CCc1cncnc1. The van der Waals surface area contributed by atoms with E-state index in [4.69, 9.17) is 0 Å². The van der Waals surface area contributed by atoms with Gasteiger partial charge in [-0.1, -0.05) is 13.8 Å². The molecule has 0 spiro atoms. The molecule has 1 unspecified atom stereocenters. The lowest BCUT2D eigenvalue weighted by atomic mass is 10.1.